The van der Waals surface area contributed by atoms with Crippen molar-refractivity contribution < 1.29 is 5.11 Å². The predicted octanol–water partition coefficient (Wildman–Crippen LogP) is 4.76. The van der Waals surface area contributed by atoms with Crippen molar-refractivity contribution in [2.45, 2.75) is 13.0 Å². The third kappa shape index (κ3) is 4.90. The SMILES string of the molecule is Cc1ccccc1.OC(c1ccccc1)c1ccccc1. The first-order valence-electron chi connectivity index (χ1n) is 7.07. The maximum absolute atomic E-state index is 9.99. The summed E-state index contributed by atoms with van der Waals surface area (Å²) in [6.45, 7) is 2.08. The highest BCUT2D eigenvalue weighted by Crippen LogP contribution is 2.20. The van der Waals surface area contributed by atoms with E-state index >= 15 is 0 Å². The van der Waals surface area contributed by atoms with E-state index in [1.54, 1.807) is 0 Å². The molecule has 0 spiro atoms. The average molecular weight is 276 g/mol. The number of benzene rings is 3. The highest BCUT2D eigenvalue weighted by Gasteiger charge is 2.07. The summed E-state index contributed by atoms with van der Waals surface area (Å²) in [6, 6.07) is 29.6. The van der Waals surface area contributed by atoms with Crippen molar-refractivity contribution in [3.63, 3.8) is 0 Å². The summed E-state index contributed by atoms with van der Waals surface area (Å²) in [6.07, 6.45) is -0.516. The summed E-state index contributed by atoms with van der Waals surface area (Å²) in [7, 11) is 0. The van der Waals surface area contributed by atoms with E-state index in [1.807, 2.05) is 78.9 Å². The van der Waals surface area contributed by atoms with E-state index in [0.29, 0.717) is 0 Å². The molecule has 0 saturated heterocycles. The number of aliphatic hydroxyl groups excluding tert-OH is 1. The molecule has 0 aliphatic rings. The van der Waals surface area contributed by atoms with Crippen LogP contribution in [0.15, 0.2) is 91.0 Å². The Kier molecular flexibility index (Phi) is 5.74. The molecule has 0 radical (unpaired) electrons. The van der Waals surface area contributed by atoms with Crippen LogP contribution in [0.3, 0.4) is 0 Å². The topological polar surface area (TPSA) is 20.2 Å². The van der Waals surface area contributed by atoms with Gasteiger partial charge in [-0.05, 0) is 18.1 Å². The van der Waals surface area contributed by atoms with Gasteiger partial charge in [-0.15, -0.1) is 0 Å². The highest BCUT2D eigenvalue weighted by molar-refractivity contribution is 5.29. The van der Waals surface area contributed by atoms with E-state index < -0.39 is 6.10 Å². The van der Waals surface area contributed by atoms with Crippen LogP contribution in [-0.4, -0.2) is 5.11 Å². The number of aryl methyl sites for hydroxylation is 1. The molecule has 1 N–H and O–H groups in total. The first-order chi connectivity index (χ1) is 10.3. The summed E-state index contributed by atoms with van der Waals surface area (Å²) in [5, 5.41) is 9.99. The minimum Gasteiger partial charge on any atom is -0.384 e. The van der Waals surface area contributed by atoms with Gasteiger partial charge in [-0.3, -0.25) is 0 Å². The monoisotopic (exact) mass is 276 g/mol. The summed E-state index contributed by atoms with van der Waals surface area (Å²) in [4.78, 5) is 0. The Morgan fingerprint density at radius 1 is 0.571 bits per heavy atom. The largest absolute Gasteiger partial charge is 0.384 e. The molecular formula is C20H20O. The van der Waals surface area contributed by atoms with Gasteiger partial charge in [0.1, 0.15) is 6.10 Å². The molecule has 1 heteroatoms. The minimum atomic E-state index is -0.516. The van der Waals surface area contributed by atoms with E-state index in [9.17, 15) is 5.11 Å². The second-order valence-corrected chi connectivity index (χ2v) is 4.88. The molecule has 0 bridgehead atoms. The van der Waals surface area contributed by atoms with Gasteiger partial charge in [-0.2, -0.15) is 0 Å². The lowest BCUT2D eigenvalue weighted by molar-refractivity contribution is 0.220. The number of hydrogen-bond acceptors (Lipinski definition) is 1. The van der Waals surface area contributed by atoms with Gasteiger partial charge in [0.25, 0.3) is 0 Å². The lowest BCUT2D eigenvalue weighted by Crippen LogP contribution is -1.98. The normalized spacial score (nSPS) is 9.86. The molecular weight excluding hydrogens is 256 g/mol. The maximum Gasteiger partial charge on any atom is 0.104 e. The Labute approximate surface area is 126 Å². The van der Waals surface area contributed by atoms with Crippen molar-refractivity contribution in [3.05, 3.63) is 108 Å². The van der Waals surface area contributed by atoms with Crippen LogP contribution in [-0.2, 0) is 0 Å². The van der Waals surface area contributed by atoms with Crippen LogP contribution in [0.4, 0.5) is 0 Å². The fourth-order valence-corrected chi connectivity index (χ4v) is 2.00. The zero-order valence-corrected chi connectivity index (χ0v) is 12.2. The van der Waals surface area contributed by atoms with Crippen molar-refractivity contribution in [1.82, 2.24) is 0 Å². The molecule has 0 amide bonds. The van der Waals surface area contributed by atoms with E-state index in [-0.39, 0.29) is 0 Å². The second-order valence-electron chi connectivity index (χ2n) is 4.88. The third-order valence-corrected chi connectivity index (χ3v) is 3.17. The summed E-state index contributed by atoms with van der Waals surface area (Å²) in [5.74, 6) is 0. The lowest BCUT2D eigenvalue weighted by Gasteiger charge is -2.10. The molecule has 0 atom stereocenters. The van der Waals surface area contributed by atoms with E-state index in [4.69, 9.17) is 0 Å². The van der Waals surface area contributed by atoms with Crippen LogP contribution >= 0.6 is 0 Å². The van der Waals surface area contributed by atoms with Gasteiger partial charge in [0.05, 0.1) is 0 Å². The zero-order chi connectivity index (χ0) is 14.9. The Balaban J connectivity index is 0.000000194. The average Bonchev–Trinajstić information content (AvgIpc) is 2.57. The first-order valence-corrected chi connectivity index (χ1v) is 7.07. The van der Waals surface area contributed by atoms with Crippen LogP contribution in [0.1, 0.15) is 22.8 Å². The van der Waals surface area contributed by atoms with Gasteiger partial charge in [-0.1, -0.05) is 96.6 Å². The lowest BCUT2D eigenvalue weighted by atomic mass is 10.0. The van der Waals surface area contributed by atoms with Crippen LogP contribution < -0.4 is 0 Å². The third-order valence-electron chi connectivity index (χ3n) is 3.17. The van der Waals surface area contributed by atoms with Gasteiger partial charge < -0.3 is 5.11 Å². The molecule has 1 nitrogen and oxygen atoms in total. The highest BCUT2D eigenvalue weighted by atomic mass is 16.3. The molecule has 0 saturated carbocycles. The van der Waals surface area contributed by atoms with Crippen molar-refractivity contribution in [3.8, 4) is 0 Å². The van der Waals surface area contributed by atoms with Gasteiger partial charge in [0.15, 0.2) is 0 Å². The number of rotatable bonds is 2. The number of aliphatic hydroxyl groups is 1. The van der Waals surface area contributed by atoms with Gasteiger partial charge in [0.2, 0.25) is 0 Å². The second kappa shape index (κ2) is 8.03. The maximum atomic E-state index is 9.99. The predicted molar refractivity (Wildman–Crippen MR) is 88.1 cm³/mol. The van der Waals surface area contributed by atoms with Crippen molar-refractivity contribution in [2.24, 2.45) is 0 Å². The molecule has 3 rings (SSSR count). The molecule has 3 aromatic rings. The van der Waals surface area contributed by atoms with Gasteiger partial charge in [-0.25, -0.2) is 0 Å². The molecule has 0 heterocycles. The van der Waals surface area contributed by atoms with E-state index in [2.05, 4.69) is 19.1 Å². The number of hydrogen-bond donors (Lipinski definition) is 1. The molecule has 0 fully saturated rings. The van der Waals surface area contributed by atoms with Crippen LogP contribution in [0.25, 0.3) is 0 Å². The first kappa shape index (κ1) is 15.0. The van der Waals surface area contributed by atoms with E-state index in [1.165, 1.54) is 5.56 Å². The van der Waals surface area contributed by atoms with Gasteiger partial charge in [0, 0.05) is 0 Å². The molecule has 0 unspecified atom stereocenters. The molecule has 21 heavy (non-hydrogen) atoms. The standard InChI is InChI=1S/C13H12O.C7H8/c14-13(11-7-3-1-4-8-11)12-9-5-2-6-10-12;1-7-5-3-2-4-6-7/h1-10,13-14H;2-6H,1H3. The Bertz CT molecular complexity index is 578. The molecule has 0 aliphatic carbocycles. The minimum absolute atomic E-state index is 0.516. The van der Waals surface area contributed by atoms with Crippen LogP contribution in [0, 0.1) is 6.92 Å². The smallest absolute Gasteiger partial charge is 0.104 e. The zero-order valence-electron chi connectivity index (χ0n) is 12.2. The molecule has 0 aliphatic heterocycles. The Morgan fingerprint density at radius 3 is 1.19 bits per heavy atom. The Morgan fingerprint density at radius 2 is 0.905 bits per heavy atom. The molecule has 0 aromatic heterocycles. The Hall–Kier alpha value is -2.38. The van der Waals surface area contributed by atoms with Crippen molar-refractivity contribution >= 4 is 0 Å². The quantitative estimate of drug-likeness (QED) is 0.715. The van der Waals surface area contributed by atoms with Gasteiger partial charge >= 0.3 is 0 Å². The van der Waals surface area contributed by atoms with Crippen molar-refractivity contribution in [2.75, 3.05) is 0 Å². The molecule has 106 valence electrons. The van der Waals surface area contributed by atoms with Crippen molar-refractivity contribution in [1.29, 1.82) is 0 Å². The summed E-state index contributed by atoms with van der Waals surface area (Å²) < 4.78 is 0. The summed E-state index contributed by atoms with van der Waals surface area (Å²) in [5.41, 5.74) is 3.18. The molecule has 3 aromatic carbocycles. The van der Waals surface area contributed by atoms with E-state index in [0.717, 1.165) is 11.1 Å². The van der Waals surface area contributed by atoms with Crippen LogP contribution in [0.2, 0.25) is 0 Å². The fraction of sp³-hybridized carbons (Fsp3) is 0.100. The summed E-state index contributed by atoms with van der Waals surface area (Å²) >= 11 is 0. The fourth-order valence-electron chi connectivity index (χ4n) is 2.00. The van der Waals surface area contributed by atoms with Crippen LogP contribution in [0.5, 0.6) is 0 Å².